The molecule has 0 aliphatic rings. The molecule has 4 rings (SSSR count). The number of fused-ring (bicyclic) bond motifs is 1. The highest BCUT2D eigenvalue weighted by Gasteiger charge is 2.19. The van der Waals surface area contributed by atoms with Gasteiger partial charge in [-0.1, -0.05) is 36.4 Å². The second kappa shape index (κ2) is 8.67. The van der Waals surface area contributed by atoms with Gasteiger partial charge < -0.3 is 24.5 Å². The molecule has 1 amide bonds. The van der Waals surface area contributed by atoms with Crippen molar-refractivity contribution >= 4 is 16.7 Å². The molecule has 0 atom stereocenters. The van der Waals surface area contributed by atoms with Gasteiger partial charge in [0.25, 0.3) is 5.91 Å². The monoisotopic (exact) mass is 430 g/mol. The number of amides is 1. The number of ether oxygens (including phenoxy) is 3. The lowest BCUT2D eigenvalue weighted by Crippen LogP contribution is -2.13. The van der Waals surface area contributed by atoms with Gasteiger partial charge in [0, 0.05) is 17.9 Å². The minimum absolute atomic E-state index is 0.451. The second-order valence-corrected chi connectivity index (χ2v) is 7.57. The molecule has 32 heavy (non-hydrogen) atoms. The lowest BCUT2D eigenvalue weighted by atomic mass is 10.0. The highest BCUT2D eigenvalue weighted by Crippen LogP contribution is 2.39. The van der Waals surface area contributed by atoms with E-state index in [0.29, 0.717) is 29.4 Å². The standard InChI is InChI=1S/C26H26N2O4/c1-16-21(26(27)29)14-22(20-10-9-18-7-5-6-8-19(18)13-20)28(16)15-17-11-23(30-2)25(32-4)24(12-17)31-3/h5-14H,15H2,1-4H3,(H2,27,29). The van der Waals surface area contributed by atoms with Gasteiger partial charge in [0.15, 0.2) is 11.5 Å². The molecular formula is C26H26N2O4. The van der Waals surface area contributed by atoms with Crippen LogP contribution in [0.5, 0.6) is 17.2 Å². The first-order chi connectivity index (χ1) is 15.5. The Morgan fingerprint density at radius 2 is 1.53 bits per heavy atom. The topological polar surface area (TPSA) is 75.7 Å². The number of rotatable bonds is 7. The molecule has 6 nitrogen and oxygen atoms in total. The second-order valence-electron chi connectivity index (χ2n) is 7.57. The van der Waals surface area contributed by atoms with Crippen LogP contribution in [0.15, 0.2) is 60.7 Å². The Hall–Kier alpha value is -3.93. The Bertz CT molecular complexity index is 1280. The predicted molar refractivity (Wildman–Crippen MR) is 126 cm³/mol. The molecule has 0 unspecified atom stereocenters. The zero-order valence-corrected chi connectivity index (χ0v) is 18.6. The van der Waals surface area contributed by atoms with Gasteiger partial charge >= 0.3 is 0 Å². The minimum atomic E-state index is -0.451. The highest BCUT2D eigenvalue weighted by atomic mass is 16.5. The van der Waals surface area contributed by atoms with E-state index in [1.165, 1.54) is 0 Å². The number of carbonyl (C=O) groups excluding carboxylic acids is 1. The number of methoxy groups -OCH3 is 3. The quantitative estimate of drug-likeness (QED) is 0.457. The molecule has 3 aromatic carbocycles. The Balaban J connectivity index is 1.86. The Kier molecular flexibility index (Phi) is 5.77. The molecule has 0 fully saturated rings. The average molecular weight is 431 g/mol. The van der Waals surface area contributed by atoms with E-state index in [-0.39, 0.29) is 0 Å². The van der Waals surface area contributed by atoms with Crippen molar-refractivity contribution in [1.82, 2.24) is 4.57 Å². The summed E-state index contributed by atoms with van der Waals surface area (Å²) in [6.45, 7) is 2.40. The Morgan fingerprint density at radius 1 is 0.875 bits per heavy atom. The summed E-state index contributed by atoms with van der Waals surface area (Å²) in [4.78, 5) is 12.1. The van der Waals surface area contributed by atoms with Crippen LogP contribution in [0.25, 0.3) is 22.0 Å². The van der Waals surface area contributed by atoms with Crippen LogP contribution in [-0.2, 0) is 6.54 Å². The van der Waals surface area contributed by atoms with E-state index in [9.17, 15) is 4.79 Å². The van der Waals surface area contributed by atoms with Gasteiger partial charge in [-0.3, -0.25) is 4.79 Å². The Morgan fingerprint density at radius 3 is 2.12 bits per heavy atom. The van der Waals surface area contributed by atoms with Crippen molar-refractivity contribution in [2.75, 3.05) is 21.3 Å². The lowest BCUT2D eigenvalue weighted by Gasteiger charge is -2.17. The summed E-state index contributed by atoms with van der Waals surface area (Å²) in [6.07, 6.45) is 0. The summed E-state index contributed by atoms with van der Waals surface area (Å²) in [5, 5.41) is 2.29. The van der Waals surface area contributed by atoms with Crippen LogP contribution in [0.2, 0.25) is 0 Å². The van der Waals surface area contributed by atoms with Crippen LogP contribution in [0, 0.1) is 6.92 Å². The maximum absolute atomic E-state index is 12.1. The number of nitrogens with zero attached hydrogens (tertiary/aromatic N) is 1. The normalized spacial score (nSPS) is 10.9. The minimum Gasteiger partial charge on any atom is -0.493 e. The number of primary amides is 1. The smallest absolute Gasteiger partial charge is 0.250 e. The van der Waals surface area contributed by atoms with Crippen molar-refractivity contribution in [3.63, 3.8) is 0 Å². The molecule has 0 spiro atoms. The molecule has 164 valence electrons. The SMILES string of the molecule is COc1cc(Cn2c(-c3ccc4ccccc4c3)cc(C(N)=O)c2C)cc(OC)c1OC. The van der Waals surface area contributed by atoms with Crippen molar-refractivity contribution in [3.05, 3.63) is 77.5 Å². The third-order valence-electron chi connectivity index (χ3n) is 5.74. The van der Waals surface area contributed by atoms with E-state index in [1.54, 1.807) is 21.3 Å². The van der Waals surface area contributed by atoms with Gasteiger partial charge in [0.1, 0.15) is 0 Å². The third kappa shape index (κ3) is 3.75. The molecule has 1 heterocycles. The highest BCUT2D eigenvalue weighted by molar-refractivity contribution is 5.96. The summed E-state index contributed by atoms with van der Waals surface area (Å²) >= 11 is 0. The fourth-order valence-electron chi connectivity index (χ4n) is 4.10. The first-order valence-corrected chi connectivity index (χ1v) is 10.2. The van der Waals surface area contributed by atoms with E-state index >= 15 is 0 Å². The van der Waals surface area contributed by atoms with Crippen LogP contribution in [0.4, 0.5) is 0 Å². The lowest BCUT2D eigenvalue weighted by molar-refractivity contribution is 0.0999. The number of carbonyl (C=O) groups is 1. The molecule has 0 bridgehead atoms. The molecule has 4 aromatic rings. The maximum atomic E-state index is 12.1. The maximum Gasteiger partial charge on any atom is 0.250 e. The first kappa shape index (κ1) is 21.3. The average Bonchev–Trinajstić information content (AvgIpc) is 3.14. The van der Waals surface area contributed by atoms with Gasteiger partial charge in [0.2, 0.25) is 5.75 Å². The van der Waals surface area contributed by atoms with Crippen molar-refractivity contribution in [2.24, 2.45) is 5.73 Å². The van der Waals surface area contributed by atoms with Crippen molar-refractivity contribution in [3.8, 4) is 28.5 Å². The van der Waals surface area contributed by atoms with E-state index < -0.39 is 5.91 Å². The third-order valence-corrected chi connectivity index (χ3v) is 5.74. The van der Waals surface area contributed by atoms with Gasteiger partial charge in [-0.05, 0) is 53.1 Å². The number of hydrogen-bond acceptors (Lipinski definition) is 4. The van der Waals surface area contributed by atoms with Gasteiger partial charge in [-0.2, -0.15) is 0 Å². The van der Waals surface area contributed by atoms with E-state index in [4.69, 9.17) is 19.9 Å². The molecule has 2 N–H and O–H groups in total. The molecule has 1 aromatic heterocycles. The summed E-state index contributed by atoms with van der Waals surface area (Å²) in [7, 11) is 4.76. The fourth-order valence-corrected chi connectivity index (χ4v) is 4.10. The summed E-state index contributed by atoms with van der Waals surface area (Å²) in [6, 6.07) is 20.1. The predicted octanol–water partition coefficient (Wildman–Crippen LogP) is 4.79. The van der Waals surface area contributed by atoms with Gasteiger partial charge in [0.05, 0.1) is 26.9 Å². The number of benzene rings is 3. The molecule has 6 heteroatoms. The van der Waals surface area contributed by atoms with E-state index in [2.05, 4.69) is 34.9 Å². The van der Waals surface area contributed by atoms with Crippen LogP contribution >= 0.6 is 0 Å². The van der Waals surface area contributed by atoms with Crippen LogP contribution < -0.4 is 19.9 Å². The molecule has 0 saturated heterocycles. The number of hydrogen-bond donors (Lipinski definition) is 1. The molecule has 0 aliphatic carbocycles. The van der Waals surface area contributed by atoms with Crippen molar-refractivity contribution < 1.29 is 19.0 Å². The Labute approximate surface area is 187 Å². The fraction of sp³-hybridized carbons (Fsp3) is 0.192. The first-order valence-electron chi connectivity index (χ1n) is 10.2. The van der Waals surface area contributed by atoms with Crippen LogP contribution in [-0.4, -0.2) is 31.8 Å². The van der Waals surface area contributed by atoms with Crippen LogP contribution in [0.1, 0.15) is 21.6 Å². The molecule has 0 aliphatic heterocycles. The molecule has 0 saturated carbocycles. The van der Waals surface area contributed by atoms with Gasteiger partial charge in [-0.25, -0.2) is 0 Å². The zero-order chi connectivity index (χ0) is 22.8. The summed E-state index contributed by atoms with van der Waals surface area (Å²) in [5.74, 6) is 1.24. The zero-order valence-electron chi connectivity index (χ0n) is 18.6. The molecular weight excluding hydrogens is 404 g/mol. The molecule has 0 radical (unpaired) electrons. The number of aromatic nitrogens is 1. The number of nitrogens with two attached hydrogens (primary N) is 1. The summed E-state index contributed by atoms with van der Waals surface area (Å²) in [5.41, 5.74) is 9.84. The van der Waals surface area contributed by atoms with Crippen molar-refractivity contribution in [2.45, 2.75) is 13.5 Å². The van der Waals surface area contributed by atoms with Crippen LogP contribution in [0.3, 0.4) is 0 Å². The van der Waals surface area contributed by atoms with Crippen molar-refractivity contribution in [1.29, 1.82) is 0 Å². The van der Waals surface area contributed by atoms with E-state index in [1.807, 2.05) is 37.3 Å². The van der Waals surface area contributed by atoms with E-state index in [0.717, 1.165) is 33.3 Å². The largest absolute Gasteiger partial charge is 0.493 e. The summed E-state index contributed by atoms with van der Waals surface area (Å²) < 4.78 is 18.5. The van der Waals surface area contributed by atoms with Gasteiger partial charge in [-0.15, -0.1) is 0 Å².